The molecule has 33 heavy (non-hydrogen) atoms. The molecule has 0 aliphatic rings. The predicted octanol–water partition coefficient (Wildman–Crippen LogP) is 6.27. The first-order chi connectivity index (χ1) is 15.3. The van der Waals surface area contributed by atoms with Crippen molar-refractivity contribution in [3.8, 4) is 21.0 Å². The molecule has 0 aliphatic carbocycles. The largest absolute Gasteiger partial charge is 0.447 e. The number of sulfonamides is 1. The first-order valence-electron chi connectivity index (χ1n) is 10.2. The summed E-state index contributed by atoms with van der Waals surface area (Å²) in [5.41, 5.74) is 1.42. The van der Waals surface area contributed by atoms with Crippen molar-refractivity contribution in [2.75, 3.05) is 5.32 Å². The zero-order valence-corrected chi connectivity index (χ0v) is 22.2. The minimum absolute atomic E-state index is 0.185. The van der Waals surface area contributed by atoms with Crippen LogP contribution in [0.25, 0.3) is 21.0 Å². The third kappa shape index (κ3) is 6.86. The van der Waals surface area contributed by atoms with Gasteiger partial charge in [0.15, 0.2) is 0 Å². The molecule has 2 N–H and O–H groups in total. The molecule has 0 saturated heterocycles. The Balaban J connectivity index is 1.89. The van der Waals surface area contributed by atoms with Gasteiger partial charge in [-0.15, -0.1) is 11.3 Å². The number of nitrogens with one attached hydrogen (secondary N) is 2. The van der Waals surface area contributed by atoms with E-state index in [1.165, 1.54) is 11.3 Å². The van der Waals surface area contributed by atoms with Gasteiger partial charge in [0.2, 0.25) is 10.0 Å². The Kier molecular flexibility index (Phi) is 7.62. The van der Waals surface area contributed by atoms with Crippen molar-refractivity contribution in [3.05, 3.63) is 53.1 Å². The number of halogens is 1. The fraction of sp³-hybridized carbons (Fsp3) is 0.304. The molecule has 7 nitrogen and oxygen atoms in total. The summed E-state index contributed by atoms with van der Waals surface area (Å²) in [5, 5.41) is 3.41. The molecular weight excluding hydrogens is 526 g/mol. The Morgan fingerprint density at radius 2 is 1.79 bits per heavy atom. The minimum Gasteiger partial charge on any atom is -0.447 e. The SMILES string of the molecule is CC(C)OC(=O)Nc1ccc(-c2ncc(-c3ccc(Br)cc3S(=O)(=O)NC(C)(C)C)s2)cc1. The van der Waals surface area contributed by atoms with Crippen LogP contribution in [0.5, 0.6) is 0 Å². The summed E-state index contributed by atoms with van der Waals surface area (Å²) < 4.78 is 34.6. The zero-order valence-electron chi connectivity index (χ0n) is 19.0. The standard InChI is InChI=1S/C23H26BrN3O4S2/c1-14(2)31-22(28)26-17-9-6-15(7-10-17)21-25-13-19(32-21)18-11-8-16(24)12-20(18)33(29,30)27-23(3,4)5/h6-14,27H,1-5H3,(H,26,28). The van der Waals surface area contributed by atoms with Crippen molar-refractivity contribution in [2.45, 2.75) is 51.2 Å². The molecule has 10 heteroatoms. The van der Waals surface area contributed by atoms with Gasteiger partial charge in [-0.3, -0.25) is 5.32 Å². The zero-order chi connectivity index (χ0) is 24.4. The molecule has 0 unspecified atom stereocenters. The molecule has 0 bridgehead atoms. The number of nitrogens with zero attached hydrogens (tertiary/aromatic N) is 1. The van der Waals surface area contributed by atoms with Crippen LogP contribution in [0.4, 0.5) is 10.5 Å². The molecule has 1 aromatic heterocycles. The van der Waals surface area contributed by atoms with Crippen LogP contribution in [-0.4, -0.2) is 31.1 Å². The van der Waals surface area contributed by atoms with Gasteiger partial charge in [-0.2, -0.15) is 0 Å². The summed E-state index contributed by atoms with van der Waals surface area (Å²) in [5.74, 6) is 0. The molecule has 0 fully saturated rings. The smallest absolute Gasteiger partial charge is 0.411 e. The summed E-state index contributed by atoms with van der Waals surface area (Å²) in [6, 6.07) is 12.4. The van der Waals surface area contributed by atoms with Gasteiger partial charge in [0.1, 0.15) is 5.01 Å². The lowest BCUT2D eigenvalue weighted by Gasteiger charge is -2.21. The highest BCUT2D eigenvalue weighted by atomic mass is 79.9. The molecule has 176 valence electrons. The van der Waals surface area contributed by atoms with Gasteiger partial charge < -0.3 is 4.74 Å². The Morgan fingerprint density at radius 3 is 2.39 bits per heavy atom. The van der Waals surface area contributed by atoms with E-state index in [9.17, 15) is 13.2 Å². The molecule has 0 atom stereocenters. The third-order valence-corrected chi connectivity index (χ3v) is 7.54. The quantitative estimate of drug-likeness (QED) is 0.376. The van der Waals surface area contributed by atoms with Crippen LogP contribution in [0, 0.1) is 0 Å². The molecule has 3 rings (SSSR count). The fourth-order valence-corrected chi connectivity index (χ4v) is 6.17. The van der Waals surface area contributed by atoms with Gasteiger partial charge >= 0.3 is 6.09 Å². The number of carbonyl (C=O) groups is 1. The number of aromatic nitrogens is 1. The highest BCUT2D eigenvalue weighted by molar-refractivity contribution is 9.10. The van der Waals surface area contributed by atoms with E-state index in [0.29, 0.717) is 15.7 Å². The lowest BCUT2D eigenvalue weighted by molar-refractivity contribution is 0.130. The van der Waals surface area contributed by atoms with E-state index in [4.69, 9.17) is 4.74 Å². The highest BCUT2D eigenvalue weighted by Crippen LogP contribution is 2.37. The van der Waals surface area contributed by atoms with Gasteiger partial charge in [-0.05, 0) is 71.0 Å². The lowest BCUT2D eigenvalue weighted by atomic mass is 10.1. The molecule has 0 spiro atoms. The van der Waals surface area contributed by atoms with Crippen molar-refractivity contribution in [1.29, 1.82) is 0 Å². The van der Waals surface area contributed by atoms with Crippen molar-refractivity contribution >= 4 is 49.1 Å². The monoisotopic (exact) mass is 551 g/mol. The molecule has 2 aromatic carbocycles. The summed E-state index contributed by atoms with van der Waals surface area (Å²) >= 11 is 4.77. The maximum Gasteiger partial charge on any atom is 0.411 e. The Hall–Kier alpha value is -2.27. The van der Waals surface area contributed by atoms with Gasteiger partial charge in [0, 0.05) is 33.0 Å². The number of rotatable bonds is 6. The number of ether oxygens (including phenoxy) is 1. The van der Waals surface area contributed by atoms with Gasteiger partial charge in [0.25, 0.3) is 0 Å². The van der Waals surface area contributed by atoms with Gasteiger partial charge in [-0.25, -0.2) is 22.9 Å². The first-order valence-corrected chi connectivity index (χ1v) is 13.3. The van der Waals surface area contributed by atoms with Crippen molar-refractivity contribution in [3.63, 3.8) is 0 Å². The maximum atomic E-state index is 13.1. The van der Waals surface area contributed by atoms with E-state index in [-0.39, 0.29) is 11.0 Å². The predicted molar refractivity (Wildman–Crippen MR) is 136 cm³/mol. The third-order valence-electron chi connectivity index (χ3n) is 4.17. The molecule has 1 heterocycles. The van der Waals surface area contributed by atoms with Crippen LogP contribution >= 0.6 is 27.3 Å². The minimum atomic E-state index is -3.75. The molecule has 1 amide bonds. The van der Waals surface area contributed by atoms with E-state index in [0.717, 1.165) is 15.4 Å². The van der Waals surface area contributed by atoms with Crippen LogP contribution in [0.1, 0.15) is 34.6 Å². The summed E-state index contributed by atoms with van der Waals surface area (Å²) in [6.45, 7) is 8.96. The molecule has 0 saturated carbocycles. The number of hydrogen-bond donors (Lipinski definition) is 2. The van der Waals surface area contributed by atoms with Crippen LogP contribution in [0.3, 0.4) is 0 Å². The number of carbonyl (C=O) groups excluding carboxylic acids is 1. The second-order valence-corrected chi connectivity index (χ2v) is 12.3. The average molecular weight is 553 g/mol. The van der Waals surface area contributed by atoms with Crippen LogP contribution in [0.15, 0.2) is 58.0 Å². The Labute approximate surface area is 206 Å². The van der Waals surface area contributed by atoms with Crippen molar-refractivity contribution in [1.82, 2.24) is 9.71 Å². The lowest BCUT2D eigenvalue weighted by Crippen LogP contribution is -2.40. The first kappa shape index (κ1) is 25.4. The van der Waals surface area contributed by atoms with E-state index >= 15 is 0 Å². The van der Waals surface area contributed by atoms with E-state index in [1.54, 1.807) is 65.1 Å². The van der Waals surface area contributed by atoms with Crippen LogP contribution < -0.4 is 10.0 Å². The molecule has 3 aromatic rings. The summed E-state index contributed by atoms with van der Waals surface area (Å²) in [7, 11) is -3.75. The number of hydrogen-bond acceptors (Lipinski definition) is 6. The highest BCUT2D eigenvalue weighted by Gasteiger charge is 2.26. The second kappa shape index (κ2) is 9.92. The molecular formula is C23H26BrN3O4S2. The Bertz CT molecular complexity index is 1250. The number of benzene rings is 2. The molecule has 0 aliphatic heterocycles. The van der Waals surface area contributed by atoms with Gasteiger partial charge in [0.05, 0.1) is 15.9 Å². The normalized spacial score (nSPS) is 12.1. The van der Waals surface area contributed by atoms with E-state index in [1.807, 2.05) is 18.2 Å². The topological polar surface area (TPSA) is 97.4 Å². The Morgan fingerprint density at radius 1 is 1.12 bits per heavy atom. The fourth-order valence-electron chi connectivity index (χ4n) is 2.97. The van der Waals surface area contributed by atoms with Crippen molar-refractivity contribution < 1.29 is 17.9 Å². The van der Waals surface area contributed by atoms with E-state index < -0.39 is 21.7 Å². The maximum absolute atomic E-state index is 13.1. The molecule has 0 radical (unpaired) electrons. The van der Waals surface area contributed by atoms with Crippen molar-refractivity contribution in [2.24, 2.45) is 0 Å². The summed E-state index contributed by atoms with van der Waals surface area (Å²) in [6.07, 6.45) is 0.956. The van der Waals surface area contributed by atoms with Crippen LogP contribution in [0.2, 0.25) is 0 Å². The van der Waals surface area contributed by atoms with Crippen LogP contribution in [-0.2, 0) is 14.8 Å². The van der Waals surface area contributed by atoms with Gasteiger partial charge in [-0.1, -0.05) is 22.0 Å². The number of anilines is 1. The number of thiazole rings is 1. The second-order valence-electron chi connectivity index (χ2n) is 8.68. The summed E-state index contributed by atoms with van der Waals surface area (Å²) in [4.78, 5) is 17.2. The number of amides is 1. The van der Waals surface area contributed by atoms with E-state index in [2.05, 4.69) is 31.0 Å². The average Bonchev–Trinajstić information content (AvgIpc) is 3.16.